The summed E-state index contributed by atoms with van der Waals surface area (Å²) in [6, 6.07) is 8.92. The second-order valence-electron chi connectivity index (χ2n) is 3.54. The smallest absolute Gasteiger partial charge is 0.259 e. The molecule has 0 radical (unpaired) electrons. The normalized spacial score (nSPS) is 9.78. The third-order valence-corrected chi connectivity index (χ3v) is 2.38. The molecule has 0 bridgehead atoms. The first-order valence-electron chi connectivity index (χ1n) is 5.47. The Balaban J connectivity index is 2.37. The maximum Gasteiger partial charge on any atom is 0.259 e. The van der Waals surface area contributed by atoms with Crippen LogP contribution in [0.4, 0.5) is 0 Å². The minimum absolute atomic E-state index is 0.00897. The number of aromatic nitrogens is 2. The summed E-state index contributed by atoms with van der Waals surface area (Å²) in [4.78, 5) is 18.0. The highest BCUT2D eigenvalue weighted by Gasteiger charge is 2.05. The molecule has 2 aromatic rings. The van der Waals surface area contributed by atoms with E-state index in [1.165, 1.54) is 6.20 Å². The molecule has 1 heterocycles. The van der Waals surface area contributed by atoms with Crippen LogP contribution in [0.25, 0.3) is 11.1 Å². The number of benzene rings is 1. The molecule has 0 aliphatic rings. The molecule has 0 unspecified atom stereocenters. The highest BCUT2D eigenvalue weighted by molar-refractivity contribution is 5.62. The van der Waals surface area contributed by atoms with Crippen LogP contribution in [-0.2, 0) is 0 Å². The number of nitrogens with one attached hydrogen (secondary N) is 1. The minimum Gasteiger partial charge on any atom is -0.494 e. The van der Waals surface area contributed by atoms with Gasteiger partial charge in [-0.2, -0.15) is 5.26 Å². The van der Waals surface area contributed by atoms with Crippen LogP contribution in [0.15, 0.2) is 35.3 Å². The van der Waals surface area contributed by atoms with Crippen LogP contribution < -0.4 is 10.3 Å². The molecule has 5 heteroatoms. The van der Waals surface area contributed by atoms with Gasteiger partial charge in [0.15, 0.2) is 0 Å². The number of hydrogen-bond donors (Lipinski definition) is 1. The fourth-order valence-electron chi connectivity index (χ4n) is 1.55. The van der Waals surface area contributed by atoms with E-state index in [2.05, 4.69) is 9.97 Å². The van der Waals surface area contributed by atoms with Crippen LogP contribution in [0.1, 0.15) is 12.7 Å². The lowest BCUT2D eigenvalue weighted by Crippen LogP contribution is -2.11. The second kappa shape index (κ2) is 5.15. The first-order chi connectivity index (χ1) is 8.74. The zero-order valence-corrected chi connectivity index (χ0v) is 9.80. The van der Waals surface area contributed by atoms with Crippen molar-refractivity contribution in [2.24, 2.45) is 0 Å². The van der Waals surface area contributed by atoms with Crippen LogP contribution in [0, 0.1) is 11.3 Å². The Hall–Kier alpha value is -2.61. The topological polar surface area (TPSA) is 78.8 Å². The van der Waals surface area contributed by atoms with Crippen molar-refractivity contribution in [2.75, 3.05) is 6.61 Å². The minimum atomic E-state index is -0.328. The van der Waals surface area contributed by atoms with E-state index in [1.807, 2.05) is 6.92 Å². The Morgan fingerprint density at radius 2 is 2.11 bits per heavy atom. The number of ether oxygens (including phenoxy) is 1. The first-order valence-corrected chi connectivity index (χ1v) is 5.47. The summed E-state index contributed by atoms with van der Waals surface area (Å²) in [5.74, 6) is 0.758. The Morgan fingerprint density at radius 3 is 2.67 bits per heavy atom. The van der Waals surface area contributed by atoms with Gasteiger partial charge >= 0.3 is 0 Å². The molecule has 0 aliphatic heterocycles. The summed E-state index contributed by atoms with van der Waals surface area (Å²) in [5.41, 5.74) is 0.833. The van der Waals surface area contributed by atoms with Gasteiger partial charge in [0.2, 0.25) is 5.82 Å². The van der Waals surface area contributed by atoms with E-state index < -0.39 is 0 Å². The molecule has 18 heavy (non-hydrogen) atoms. The lowest BCUT2D eigenvalue weighted by atomic mass is 10.1. The summed E-state index contributed by atoms with van der Waals surface area (Å²) in [5, 5.41) is 8.62. The van der Waals surface area contributed by atoms with Crippen LogP contribution in [0.2, 0.25) is 0 Å². The van der Waals surface area contributed by atoms with Gasteiger partial charge in [-0.3, -0.25) is 9.78 Å². The van der Waals surface area contributed by atoms with E-state index in [0.29, 0.717) is 12.2 Å². The first kappa shape index (κ1) is 11.9. The third kappa shape index (κ3) is 2.38. The Labute approximate surface area is 104 Å². The van der Waals surface area contributed by atoms with Crippen LogP contribution in [0.3, 0.4) is 0 Å². The van der Waals surface area contributed by atoms with E-state index in [9.17, 15) is 4.79 Å². The van der Waals surface area contributed by atoms with Crippen molar-refractivity contribution in [2.45, 2.75) is 6.92 Å². The second-order valence-corrected chi connectivity index (χ2v) is 3.54. The third-order valence-electron chi connectivity index (χ3n) is 2.38. The molecule has 2 rings (SSSR count). The van der Waals surface area contributed by atoms with Crippen molar-refractivity contribution in [3.05, 3.63) is 46.6 Å². The fraction of sp³-hybridized carbons (Fsp3) is 0.154. The largest absolute Gasteiger partial charge is 0.494 e. The monoisotopic (exact) mass is 241 g/mol. The average molecular weight is 241 g/mol. The summed E-state index contributed by atoms with van der Waals surface area (Å²) in [6.45, 7) is 2.50. The van der Waals surface area contributed by atoms with Gasteiger partial charge in [0.05, 0.1) is 12.2 Å². The van der Waals surface area contributed by atoms with E-state index in [0.717, 1.165) is 11.3 Å². The van der Waals surface area contributed by atoms with Gasteiger partial charge in [-0.25, -0.2) is 4.98 Å². The van der Waals surface area contributed by atoms with Gasteiger partial charge in [0, 0.05) is 6.20 Å². The fourth-order valence-corrected chi connectivity index (χ4v) is 1.55. The summed E-state index contributed by atoms with van der Waals surface area (Å²) < 4.78 is 5.32. The number of rotatable bonds is 3. The highest BCUT2D eigenvalue weighted by Crippen LogP contribution is 2.18. The zero-order valence-electron chi connectivity index (χ0n) is 9.80. The Bertz CT molecular complexity index is 639. The standard InChI is InChI=1S/C13H11N3O2/c1-2-18-10-5-3-9(4-6-10)11-8-15-12(7-14)16-13(11)17/h3-6,8H,2H2,1H3,(H,15,16,17). The molecule has 1 N–H and O–H groups in total. The Morgan fingerprint density at radius 1 is 1.39 bits per heavy atom. The number of hydrogen-bond acceptors (Lipinski definition) is 4. The molecular weight excluding hydrogens is 230 g/mol. The van der Waals surface area contributed by atoms with E-state index in [1.54, 1.807) is 30.3 Å². The Kier molecular flexibility index (Phi) is 3.39. The number of nitrogens with zero attached hydrogens (tertiary/aromatic N) is 2. The molecule has 0 saturated heterocycles. The molecule has 0 fully saturated rings. The summed E-state index contributed by atoms with van der Waals surface area (Å²) in [6.07, 6.45) is 1.40. The van der Waals surface area contributed by atoms with Gasteiger partial charge in [-0.15, -0.1) is 0 Å². The van der Waals surface area contributed by atoms with Gasteiger partial charge in [-0.1, -0.05) is 12.1 Å². The summed E-state index contributed by atoms with van der Waals surface area (Å²) in [7, 11) is 0. The van der Waals surface area contributed by atoms with E-state index >= 15 is 0 Å². The molecule has 0 spiro atoms. The molecule has 5 nitrogen and oxygen atoms in total. The lowest BCUT2D eigenvalue weighted by Gasteiger charge is -2.04. The van der Waals surface area contributed by atoms with Gasteiger partial charge < -0.3 is 4.74 Å². The maximum atomic E-state index is 11.7. The van der Waals surface area contributed by atoms with Crippen molar-refractivity contribution in [3.8, 4) is 22.9 Å². The molecular formula is C13H11N3O2. The molecule has 90 valence electrons. The average Bonchev–Trinajstić information content (AvgIpc) is 2.40. The number of nitriles is 1. The molecule has 0 aliphatic carbocycles. The highest BCUT2D eigenvalue weighted by atomic mass is 16.5. The molecule has 0 atom stereocenters. The molecule has 1 aromatic heterocycles. The summed E-state index contributed by atoms with van der Waals surface area (Å²) >= 11 is 0. The molecule has 1 aromatic carbocycles. The van der Waals surface area contributed by atoms with Crippen molar-refractivity contribution < 1.29 is 4.74 Å². The van der Waals surface area contributed by atoms with Crippen molar-refractivity contribution >= 4 is 0 Å². The van der Waals surface area contributed by atoms with Crippen LogP contribution in [-0.4, -0.2) is 16.6 Å². The van der Waals surface area contributed by atoms with Crippen LogP contribution in [0.5, 0.6) is 5.75 Å². The van der Waals surface area contributed by atoms with E-state index in [-0.39, 0.29) is 11.4 Å². The number of H-pyrrole nitrogens is 1. The zero-order chi connectivity index (χ0) is 13.0. The predicted octanol–water partition coefficient (Wildman–Crippen LogP) is 1.71. The molecule has 0 amide bonds. The van der Waals surface area contributed by atoms with Crippen molar-refractivity contribution in [1.82, 2.24) is 9.97 Å². The SMILES string of the molecule is CCOc1ccc(-c2cnc(C#N)[nH]c2=O)cc1. The quantitative estimate of drug-likeness (QED) is 0.887. The predicted molar refractivity (Wildman–Crippen MR) is 66.2 cm³/mol. The molecule has 0 saturated carbocycles. The van der Waals surface area contributed by atoms with Gasteiger partial charge in [0.1, 0.15) is 11.8 Å². The lowest BCUT2D eigenvalue weighted by molar-refractivity contribution is 0.340. The van der Waals surface area contributed by atoms with Crippen LogP contribution >= 0.6 is 0 Å². The van der Waals surface area contributed by atoms with E-state index in [4.69, 9.17) is 10.00 Å². The maximum absolute atomic E-state index is 11.7. The van der Waals surface area contributed by atoms with Gasteiger partial charge in [-0.05, 0) is 24.6 Å². The van der Waals surface area contributed by atoms with Crippen molar-refractivity contribution in [3.63, 3.8) is 0 Å². The van der Waals surface area contributed by atoms with Gasteiger partial charge in [0.25, 0.3) is 5.56 Å². The number of aromatic amines is 1. The van der Waals surface area contributed by atoms with Crippen molar-refractivity contribution in [1.29, 1.82) is 5.26 Å².